The Labute approximate surface area is 145 Å². The van der Waals surface area contributed by atoms with Crippen LogP contribution in [0.1, 0.15) is 65.7 Å². The summed E-state index contributed by atoms with van der Waals surface area (Å²) in [5.74, 6) is 0.157. The van der Waals surface area contributed by atoms with Crippen molar-refractivity contribution in [3.63, 3.8) is 0 Å². The van der Waals surface area contributed by atoms with E-state index in [1.807, 2.05) is 13.0 Å². The minimum atomic E-state index is -0.547. The number of fused-ring (bicyclic) bond motifs is 2. The van der Waals surface area contributed by atoms with Crippen LogP contribution in [0.4, 0.5) is 0 Å². The normalized spacial score (nSPS) is 42.2. The molecule has 0 aromatic rings. The van der Waals surface area contributed by atoms with Gasteiger partial charge in [-0.1, -0.05) is 31.9 Å². The van der Waals surface area contributed by atoms with Gasteiger partial charge in [-0.2, -0.15) is 0 Å². The summed E-state index contributed by atoms with van der Waals surface area (Å²) in [6, 6.07) is 0. The number of hydrogen-bond acceptors (Lipinski definition) is 3. The van der Waals surface area contributed by atoms with Crippen LogP contribution in [0.3, 0.4) is 0 Å². The molecule has 4 atom stereocenters. The molecule has 0 aromatic carbocycles. The monoisotopic (exact) mass is 330 g/mol. The van der Waals surface area contributed by atoms with E-state index >= 15 is 0 Å². The Morgan fingerprint density at radius 3 is 2.58 bits per heavy atom. The number of methoxy groups -OCH3 is 1. The van der Waals surface area contributed by atoms with E-state index in [4.69, 9.17) is 4.74 Å². The van der Waals surface area contributed by atoms with Crippen molar-refractivity contribution in [1.82, 2.24) is 0 Å². The summed E-state index contributed by atoms with van der Waals surface area (Å²) in [4.78, 5) is 25.5. The van der Waals surface area contributed by atoms with Crippen molar-refractivity contribution in [1.29, 1.82) is 0 Å². The second kappa shape index (κ2) is 5.57. The van der Waals surface area contributed by atoms with Crippen molar-refractivity contribution in [2.24, 2.45) is 22.2 Å². The summed E-state index contributed by atoms with van der Waals surface area (Å²) in [5, 5.41) is 0. The van der Waals surface area contributed by atoms with E-state index in [9.17, 15) is 9.59 Å². The number of allylic oxidation sites excluding steroid dienone is 3. The second-order valence-corrected chi connectivity index (χ2v) is 8.85. The lowest BCUT2D eigenvalue weighted by Gasteiger charge is -2.56. The van der Waals surface area contributed by atoms with Gasteiger partial charge in [0, 0.05) is 6.42 Å². The fraction of sp³-hybridized carbons (Fsp3) is 0.714. The first-order valence-electron chi connectivity index (χ1n) is 9.18. The van der Waals surface area contributed by atoms with E-state index in [1.165, 1.54) is 12.7 Å². The van der Waals surface area contributed by atoms with Crippen LogP contribution in [0.5, 0.6) is 0 Å². The number of rotatable bonds is 2. The molecule has 3 nitrogen and oxygen atoms in total. The average Bonchev–Trinajstić information content (AvgIpc) is 2.56. The predicted octanol–water partition coefficient (Wildman–Crippen LogP) is 4.62. The first kappa shape index (κ1) is 17.4. The standard InChI is InChI=1S/C21H30O3/c1-6-19(2)11-8-15-14(13-19)16(22)12-17-20(15,3)9-7-10-21(17,4)18(23)24-5/h6,17H,1,7-13H2,2-5H3/t17?,19-,20-,21-/m1/s1. The number of ketones is 1. The number of carbonyl (C=O) groups is 2. The lowest BCUT2D eigenvalue weighted by molar-refractivity contribution is -0.163. The molecule has 3 rings (SSSR count). The Morgan fingerprint density at radius 1 is 1.25 bits per heavy atom. The van der Waals surface area contributed by atoms with E-state index in [1.54, 1.807) is 0 Å². The number of ether oxygens (including phenoxy) is 1. The summed E-state index contributed by atoms with van der Waals surface area (Å²) in [5.41, 5.74) is 1.80. The lowest BCUT2D eigenvalue weighted by atomic mass is 9.47. The molecule has 3 heteroatoms. The van der Waals surface area contributed by atoms with E-state index < -0.39 is 5.41 Å². The van der Waals surface area contributed by atoms with Crippen molar-refractivity contribution in [3.05, 3.63) is 23.8 Å². The maximum Gasteiger partial charge on any atom is 0.311 e. The zero-order valence-corrected chi connectivity index (χ0v) is 15.5. The van der Waals surface area contributed by atoms with Gasteiger partial charge in [0.1, 0.15) is 0 Å². The maximum absolute atomic E-state index is 13.0. The number of hydrogen-bond donors (Lipinski definition) is 0. The van der Waals surface area contributed by atoms with E-state index in [2.05, 4.69) is 20.4 Å². The molecule has 0 aromatic heterocycles. The maximum atomic E-state index is 13.0. The zero-order valence-electron chi connectivity index (χ0n) is 15.5. The van der Waals surface area contributed by atoms with Crippen LogP contribution in [0.2, 0.25) is 0 Å². The highest BCUT2D eigenvalue weighted by Gasteiger charge is 2.58. The van der Waals surface area contributed by atoms with Gasteiger partial charge < -0.3 is 4.74 Å². The first-order valence-corrected chi connectivity index (χ1v) is 9.18. The van der Waals surface area contributed by atoms with Crippen molar-refractivity contribution >= 4 is 11.8 Å². The van der Waals surface area contributed by atoms with Crippen LogP contribution in [0.25, 0.3) is 0 Å². The Bertz CT molecular complexity index is 631. The van der Waals surface area contributed by atoms with Crippen LogP contribution in [0, 0.1) is 22.2 Å². The quantitative estimate of drug-likeness (QED) is 0.548. The molecule has 3 aliphatic rings. The molecular weight excluding hydrogens is 300 g/mol. The van der Waals surface area contributed by atoms with Crippen molar-refractivity contribution < 1.29 is 14.3 Å². The summed E-state index contributed by atoms with van der Waals surface area (Å²) < 4.78 is 5.13. The SMILES string of the molecule is C=C[C@]1(C)CCC2=C(C1)C(=O)CC1[C@](C)(C(=O)OC)CCC[C@]21C. The van der Waals surface area contributed by atoms with Crippen LogP contribution in [-0.4, -0.2) is 18.9 Å². The third-order valence-corrected chi connectivity index (χ3v) is 7.38. The fourth-order valence-corrected chi connectivity index (χ4v) is 5.70. The van der Waals surface area contributed by atoms with E-state index in [0.29, 0.717) is 6.42 Å². The minimum absolute atomic E-state index is 0.0258. The fourth-order valence-electron chi connectivity index (χ4n) is 5.70. The molecule has 0 aliphatic heterocycles. The van der Waals surface area contributed by atoms with Gasteiger partial charge in [-0.05, 0) is 61.3 Å². The molecule has 0 bridgehead atoms. The molecule has 1 fully saturated rings. The molecule has 0 radical (unpaired) electrons. The highest BCUT2D eigenvalue weighted by molar-refractivity contribution is 5.98. The summed E-state index contributed by atoms with van der Waals surface area (Å²) in [6.45, 7) is 10.5. The molecule has 0 spiro atoms. The van der Waals surface area contributed by atoms with Crippen LogP contribution in [0.15, 0.2) is 23.8 Å². The highest BCUT2D eigenvalue weighted by atomic mass is 16.5. The van der Waals surface area contributed by atoms with Gasteiger partial charge in [-0.25, -0.2) is 0 Å². The van der Waals surface area contributed by atoms with E-state index in [-0.39, 0.29) is 28.5 Å². The van der Waals surface area contributed by atoms with Gasteiger partial charge in [0.25, 0.3) is 0 Å². The van der Waals surface area contributed by atoms with Gasteiger partial charge in [0.2, 0.25) is 0 Å². The largest absolute Gasteiger partial charge is 0.469 e. The molecule has 0 saturated heterocycles. The highest BCUT2D eigenvalue weighted by Crippen LogP contribution is 2.62. The van der Waals surface area contributed by atoms with Crippen LogP contribution in [-0.2, 0) is 14.3 Å². The molecule has 1 saturated carbocycles. The number of carbonyl (C=O) groups excluding carboxylic acids is 2. The van der Waals surface area contributed by atoms with Gasteiger partial charge in [0.15, 0.2) is 5.78 Å². The number of Topliss-reactive ketones (excluding diaryl/α,β-unsaturated/α-hetero) is 1. The smallest absolute Gasteiger partial charge is 0.311 e. The van der Waals surface area contributed by atoms with Gasteiger partial charge in [-0.15, -0.1) is 6.58 Å². The topological polar surface area (TPSA) is 43.4 Å². The molecular formula is C21H30O3. The minimum Gasteiger partial charge on any atom is -0.469 e. The Kier molecular flexibility index (Phi) is 4.05. The first-order chi connectivity index (χ1) is 11.2. The third-order valence-electron chi connectivity index (χ3n) is 7.38. The molecule has 24 heavy (non-hydrogen) atoms. The zero-order chi connectivity index (χ0) is 17.8. The summed E-state index contributed by atoms with van der Waals surface area (Å²) in [7, 11) is 1.46. The van der Waals surface area contributed by atoms with E-state index in [0.717, 1.165) is 44.1 Å². The average molecular weight is 330 g/mol. The molecule has 0 amide bonds. The van der Waals surface area contributed by atoms with Gasteiger partial charge in [0.05, 0.1) is 12.5 Å². The predicted molar refractivity (Wildman–Crippen MR) is 94.4 cm³/mol. The lowest BCUT2D eigenvalue weighted by Crippen LogP contribution is -2.53. The van der Waals surface area contributed by atoms with Crippen molar-refractivity contribution in [2.45, 2.75) is 65.7 Å². The number of esters is 1. The van der Waals surface area contributed by atoms with Gasteiger partial charge in [-0.3, -0.25) is 9.59 Å². The van der Waals surface area contributed by atoms with Crippen molar-refractivity contribution in [2.75, 3.05) is 7.11 Å². The molecule has 0 N–H and O–H groups in total. The van der Waals surface area contributed by atoms with Crippen molar-refractivity contribution in [3.8, 4) is 0 Å². The molecule has 3 aliphatic carbocycles. The Morgan fingerprint density at radius 2 is 1.96 bits per heavy atom. The molecule has 1 unspecified atom stereocenters. The summed E-state index contributed by atoms with van der Waals surface area (Å²) >= 11 is 0. The summed E-state index contributed by atoms with van der Waals surface area (Å²) in [6.07, 6.45) is 8.20. The third kappa shape index (κ3) is 2.31. The van der Waals surface area contributed by atoms with Gasteiger partial charge >= 0.3 is 5.97 Å². The molecule has 0 heterocycles. The Balaban J connectivity index is 2.07. The van der Waals surface area contributed by atoms with Crippen LogP contribution >= 0.6 is 0 Å². The second-order valence-electron chi connectivity index (χ2n) is 8.85. The van der Waals surface area contributed by atoms with Crippen LogP contribution < -0.4 is 0 Å². The Hall–Kier alpha value is -1.38. The molecule has 132 valence electrons.